The number of thiophene rings is 1. The average molecular weight is 401 g/mol. The fourth-order valence-electron chi connectivity index (χ4n) is 3.11. The molecule has 1 unspecified atom stereocenters. The molecular weight excluding hydrogens is 376 g/mol. The predicted octanol–water partition coefficient (Wildman–Crippen LogP) is 3.45. The Morgan fingerprint density at radius 2 is 1.86 bits per heavy atom. The highest BCUT2D eigenvalue weighted by Gasteiger charge is 2.19. The zero-order chi connectivity index (χ0) is 20.1. The number of benzene rings is 1. The van der Waals surface area contributed by atoms with Crippen molar-refractivity contribution in [3.63, 3.8) is 0 Å². The SMILES string of the molecule is CC(=O)c1cccc(OC(C)C(=O)NNC(=O)c2cc3c(s2)CCCCC3)c1. The van der Waals surface area contributed by atoms with Crippen LogP contribution in [0.2, 0.25) is 0 Å². The molecule has 2 N–H and O–H groups in total. The van der Waals surface area contributed by atoms with Gasteiger partial charge in [0.2, 0.25) is 0 Å². The Hall–Kier alpha value is -2.67. The number of Topliss-reactive ketones (excluding diaryl/α,β-unsaturated/α-hetero) is 1. The molecule has 0 saturated carbocycles. The molecule has 0 saturated heterocycles. The van der Waals surface area contributed by atoms with Gasteiger partial charge in [-0.25, -0.2) is 0 Å². The molecular formula is C21H24N2O4S. The Kier molecular flexibility index (Phi) is 6.46. The second-order valence-electron chi connectivity index (χ2n) is 6.91. The van der Waals surface area contributed by atoms with Gasteiger partial charge in [-0.15, -0.1) is 11.3 Å². The van der Waals surface area contributed by atoms with Crippen molar-refractivity contribution in [2.75, 3.05) is 0 Å². The van der Waals surface area contributed by atoms with Crippen molar-refractivity contribution in [2.24, 2.45) is 0 Å². The van der Waals surface area contributed by atoms with Gasteiger partial charge in [0, 0.05) is 10.4 Å². The maximum absolute atomic E-state index is 12.4. The number of hydrogen-bond donors (Lipinski definition) is 2. The topological polar surface area (TPSA) is 84.5 Å². The van der Waals surface area contributed by atoms with Gasteiger partial charge in [0.25, 0.3) is 11.8 Å². The van der Waals surface area contributed by atoms with Crippen molar-refractivity contribution >= 4 is 28.9 Å². The number of nitrogens with one attached hydrogen (secondary N) is 2. The van der Waals surface area contributed by atoms with Gasteiger partial charge in [-0.05, 0) is 63.3 Å². The Morgan fingerprint density at radius 1 is 1.07 bits per heavy atom. The van der Waals surface area contributed by atoms with Crippen molar-refractivity contribution in [1.82, 2.24) is 10.9 Å². The van der Waals surface area contributed by atoms with Crippen LogP contribution in [0.15, 0.2) is 30.3 Å². The summed E-state index contributed by atoms with van der Waals surface area (Å²) >= 11 is 1.50. The van der Waals surface area contributed by atoms with E-state index in [0.717, 1.165) is 25.7 Å². The fraction of sp³-hybridized carbons (Fsp3) is 0.381. The maximum atomic E-state index is 12.4. The monoisotopic (exact) mass is 400 g/mol. The summed E-state index contributed by atoms with van der Waals surface area (Å²) in [6, 6.07) is 8.57. The molecule has 0 fully saturated rings. The van der Waals surface area contributed by atoms with Crippen LogP contribution in [0.3, 0.4) is 0 Å². The molecule has 1 heterocycles. The smallest absolute Gasteiger partial charge is 0.279 e. The van der Waals surface area contributed by atoms with Gasteiger partial charge in [-0.1, -0.05) is 18.6 Å². The van der Waals surface area contributed by atoms with Crippen molar-refractivity contribution in [1.29, 1.82) is 0 Å². The number of hydrazine groups is 1. The highest BCUT2D eigenvalue weighted by atomic mass is 32.1. The van der Waals surface area contributed by atoms with E-state index in [4.69, 9.17) is 4.74 Å². The highest BCUT2D eigenvalue weighted by Crippen LogP contribution is 2.28. The summed E-state index contributed by atoms with van der Waals surface area (Å²) < 4.78 is 5.57. The largest absolute Gasteiger partial charge is 0.481 e. The Morgan fingerprint density at radius 3 is 2.64 bits per heavy atom. The summed E-state index contributed by atoms with van der Waals surface area (Å²) in [6.45, 7) is 3.05. The van der Waals surface area contributed by atoms with Gasteiger partial charge in [0.1, 0.15) is 5.75 Å². The van der Waals surface area contributed by atoms with Crippen molar-refractivity contribution in [2.45, 2.75) is 52.1 Å². The van der Waals surface area contributed by atoms with E-state index in [1.807, 2.05) is 6.07 Å². The standard InChI is InChI=1S/C21H24N2O4S/c1-13(24)15-8-6-9-17(11-15)27-14(2)20(25)22-23-21(26)19-12-16-7-4-3-5-10-18(16)28-19/h6,8-9,11-12,14H,3-5,7,10H2,1-2H3,(H,22,25)(H,23,26). The summed E-state index contributed by atoms with van der Waals surface area (Å²) in [7, 11) is 0. The summed E-state index contributed by atoms with van der Waals surface area (Å²) in [5.41, 5.74) is 6.63. The van der Waals surface area contributed by atoms with Gasteiger partial charge in [0.05, 0.1) is 4.88 Å². The maximum Gasteiger partial charge on any atom is 0.279 e. The van der Waals surface area contributed by atoms with E-state index in [1.165, 1.54) is 35.1 Å². The van der Waals surface area contributed by atoms with Crippen LogP contribution in [0.25, 0.3) is 0 Å². The molecule has 148 valence electrons. The first kappa shape index (κ1) is 20.1. The number of ketones is 1. The number of fused-ring (bicyclic) bond motifs is 1. The van der Waals surface area contributed by atoms with Gasteiger partial charge in [0.15, 0.2) is 11.9 Å². The van der Waals surface area contributed by atoms with Crippen LogP contribution in [0.4, 0.5) is 0 Å². The lowest BCUT2D eigenvalue weighted by molar-refractivity contribution is -0.128. The summed E-state index contributed by atoms with van der Waals surface area (Å²) in [5.74, 6) is -0.454. The molecule has 1 atom stereocenters. The molecule has 2 aromatic rings. The third-order valence-electron chi connectivity index (χ3n) is 4.69. The third kappa shape index (κ3) is 4.98. The van der Waals surface area contributed by atoms with E-state index < -0.39 is 12.0 Å². The lowest BCUT2D eigenvalue weighted by Crippen LogP contribution is -2.47. The molecule has 28 heavy (non-hydrogen) atoms. The van der Waals surface area contributed by atoms with E-state index in [-0.39, 0.29) is 11.7 Å². The van der Waals surface area contributed by atoms with Gasteiger partial charge in [-0.3, -0.25) is 25.2 Å². The van der Waals surface area contributed by atoms with Crippen LogP contribution < -0.4 is 15.6 Å². The highest BCUT2D eigenvalue weighted by molar-refractivity contribution is 7.14. The summed E-state index contributed by atoms with van der Waals surface area (Å²) in [4.78, 5) is 37.9. The van der Waals surface area contributed by atoms with Gasteiger partial charge >= 0.3 is 0 Å². The molecule has 0 spiro atoms. The van der Waals surface area contributed by atoms with Crippen LogP contribution >= 0.6 is 11.3 Å². The van der Waals surface area contributed by atoms with E-state index in [9.17, 15) is 14.4 Å². The Labute approximate surface area is 168 Å². The fourth-order valence-corrected chi connectivity index (χ4v) is 4.26. The number of rotatable bonds is 5. The number of carbonyl (C=O) groups excluding carboxylic acids is 3. The predicted molar refractivity (Wildman–Crippen MR) is 108 cm³/mol. The van der Waals surface area contributed by atoms with Crippen LogP contribution in [0.5, 0.6) is 5.75 Å². The lowest BCUT2D eigenvalue weighted by atomic mass is 10.1. The number of aryl methyl sites for hydroxylation is 2. The van der Waals surface area contributed by atoms with Gasteiger partial charge in [-0.2, -0.15) is 0 Å². The average Bonchev–Trinajstić information content (AvgIpc) is 2.96. The molecule has 1 aliphatic rings. The van der Waals surface area contributed by atoms with Crippen LogP contribution in [0, 0.1) is 0 Å². The molecule has 7 heteroatoms. The number of amides is 2. The van der Waals surface area contributed by atoms with E-state index in [1.54, 1.807) is 31.2 Å². The number of hydrogen-bond acceptors (Lipinski definition) is 5. The molecule has 3 rings (SSSR count). The first-order valence-electron chi connectivity index (χ1n) is 9.43. The first-order valence-corrected chi connectivity index (χ1v) is 10.2. The second kappa shape index (κ2) is 9.01. The molecule has 1 aliphatic carbocycles. The Bertz CT molecular complexity index is 867. The van der Waals surface area contributed by atoms with Gasteiger partial charge < -0.3 is 4.74 Å². The van der Waals surface area contributed by atoms with Crippen LogP contribution in [-0.2, 0) is 17.6 Å². The third-order valence-corrected chi connectivity index (χ3v) is 5.93. The Balaban J connectivity index is 1.54. The second-order valence-corrected chi connectivity index (χ2v) is 8.04. The van der Waals surface area contributed by atoms with Crippen LogP contribution in [0.1, 0.15) is 63.6 Å². The quantitative estimate of drug-likeness (QED) is 0.457. The first-order chi connectivity index (χ1) is 13.4. The van der Waals surface area contributed by atoms with E-state index in [0.29, 0.717) is 16.2 Å². The molecule has 0 bridgehead atoms. The molecule has 0 aliphatic heterocycles. The molecule has 1 aromatic heterocycles. The molecule has 6 nitrogen and oxygen atoms in total. The van der Waals surface area contributed by atoms with E-state index >= 15 is 0 Å². The number of carbonyl (C=O) groups is 3. The molecule has 1 aromatic carbocycles. The molecule has 0 radical (unpaired) electrons. The zero-order valence-corrected chi connectivity index (χ0v) is 16.9. The lowest BCUT2D eigenvalue weighted by Gasteiger charge is -2.15. The van der Waals surface area contributed by atoms with E-state index in [2.05, 4.69) is 10.9 Å². The minimum absolute atomic E-state index is 0.0795. The molecule has 2 amide bonds. The van der Waals surface area contributed by atoms with Crippen molar-refractivity contribution < 1.29 is 19.1 Å². The summed E-state index contributed by atoms with van der Waals surface area (Å²) in [6.07, 6.45) is 4.74. The zero-order valence-electron chi connectivity index (χ0n) is 16.0. The van der Waals surface area contributed by atoms with Crippen molar-refractivity contribution in [3.05, 3.63) is 51.2 Å². The van der Waals surface area contributed by atoms with Crippen molar-refractivity contribution in [3.8, 4) is 5.75 Å². The minimum atomic E-state index is -0.831. The normalized spacial score (nSPS) is 14.4. The summed E-state index contributed by atoms with van der Waals surface area (Å²) in [5, 5.41) is 0. The van der Waals surface area contributed by atoms with Crippen LogP contribution in [-0.4, -0.2) is 23.7 Å². The minimum Gasteiger partial charge on any atom is -0.481 e. The number of ether oxygens (including phenoxy) is 1.